The third-order valence-corrected chi connectivity index (χ3v) is 3.18. The van der Waals surface area contributed by atoms with Crippen LogP contribution < -0.4 is 0 Å². The van der Waals surface area contributed by atoms with E-state index in [1.54, 1.807) is 0 Å². The van der Waals surface area contributed by atoms with Gasteiger partial charge in [-0.25, -0.2) is 4.31 Å². The van der Waals surface area contributed by atoms with Crippen LogP contribution in [0.1, 0.15) is 26.2 Å². The van der Waals surface area contributed by atoms with Gasteiger partial charge >= 0.3 is 0 Å². The SMILES string of the molecule is CCCCSN1CCC1C=O. The van der Waals surface area contributed by atoms with Crippen LogP contribution in [0.5, 0.6) is 0 Å². The Hall–Kier alpha value is -0.0200. The maximum atomic E-state index is 10.4. The molecule has 11 heavy (non-hydrogen) atoms. The number of carbonyl (C=O) groups excluding carboxylic acids is 1. The van der Waals surface area contributed by atoms with Crippen molar-refractivity contribution >= 4 is 18.2 Å². The molecule has 3 heteroatoms. The van der Waals surface area contributed by atoms with Crippen molar-refractivity contribution < 1.29 is 4.79 Å². The fourth-order valence-electron chi connectivity index (χ4n) is 1.01. The molecule has 0 aromatic heterocycles. The molecule has 1 atom stereocenters. The minimum atomic E-state index is 0.219. The van der Waals surface area contributed by atoms with Crippen molar-refractivity contribution in [1.82, 2.24) is 4.31 Å². The maximum absolute atomic E-state index is 10.4. The highest BCUT2D eigenvalue weighted by atomic mass is 32.2. The predicted octanol–water partition coefficient (Wildman–Crippen LogP) is 1.71. The van der Waals surface area contributed by atoms with E-state index in [1.165, 1.54) is 18.6 Å². The molecule has 0 bridgehead atoms. The van der Waals surface area contributed by atoms with Gasteiger partial charge in [0.15, 0.2) is 0 Å². The first-order chi connectivity index (χ1) is 5.38. The van der Waals surface area contributed by atoms with Crippen LogP contribution in [0.3, 0.4) is 0 Å². The van der Waals surface area contributed by atoms with E-state index in [-0.39, 0.29) is 6.04 Å². The third kappa shape index (κ3) is 2.49. The van der Waals surface area contributed by atoms with Crippen LogP contribution in [-0.4, -0.2) is 28.9 Å². The summed E-state index contributed by atoms with van der Waals surface area (Å²) in [5, 5.41) is 0. The number of hydrogen-bond acceptors (Lipinski definition) is 3. The van der Waals surface area contributed by atoms with Crippen molar-refractivity contribution in [2.75, 3.05) is 12.3 Å². The van der Waals surface area contributed by atoms with Gasteiger partial charge in [-0.2, -0.15) is 0 Å². The first kappa shape index (κ1) is 9.07. The van der Waals surface area contributed by atoms with Crippen LogP contribution >= 0.6 is 11.9 Å². The summed E-state index contributed by atoms with van der Waals surface area (Å²) < 4.78 is 2.18. The molecule has 0 aromatic carbocycles. The molecular weight excluding hydrogens is 158 g/mol. The van der Waals surface area contributed by atoms with Gasteiger partial charge in [-0.15, -0.1) is 0 Å². The van der Waals surface area contributed by atoms with E-state index in [0.717, 1.165) is 19.3 Å². The number of rotatable bonds is 5. The van der Waals surface area contributed by atoms with E-state index in [2.05, 4.69) is 11.2 Å². The van der Waals surface area contributed by atoms with E-state index < -0.39 is 0 Å². The molecule has 1 aliphatic heterocycles. The summed E-state index contributed by atoms with van der Waals surface area (Å²) in [7, 11) is 0. The molecule has 1 saturated heterocycles. The maximum Gasteiger partial charge on any atom is 0.138 e. The summed E-state index contributed by atoms with van der Waals surface area (Å²) in [6.45, 7) is 3.28. The number of nitrogens with zero attached hydrogens (tertiary/aromatic N) is 1. The van der Waals surface area contributed by atoms with Gasteiger partial charge in [0.1, 0.15) is 6.29 Å². The Morgan fingerprint density at radius 2 is 2.55 bits per heavy atom. The molecule has 1 rings (SSSR count). The summed E-state index contributed by atoms with van der Waals surface area (Å²) in [5.74, 6) is 1.17. The Morgan fingerprint density at radius 3 is 3.00 bits per heavy atom. The van der Waals surface area contributed by atoms with Crippen LogP contribution in [0.2, 0.25) is 0 Å². The summed E-state index contributed by atoms with van der Waals surface area (Å²) in [6.07, 6.45) is 4.62. The monoisotopic (exact) mass is 173 g/mol. The van der Waals surface area contributed by atoms with Gasteiger partial charge in [0.25, 0.3) is 0 Å². The van der Waals surface area contributed by atoms with Gasteiger partial charge < -0.3 is 4.79 Å². The van der Waals surface area contributed by atoms with E-state index in [1.807, 2.05) is 11.9 Å². The summed E-state index contributed by atoms with van der Waals surface area (Å²) in [4.78, 5) is 10.4. The fourth-order valence-corrected chi connectivity index (χ4v) is 2.24. The number of hydrogen-bond donors (Lipinski definition) is 0. The molecule has 0 aliphatic carbocycles. The average Bonchev–Trinajstić information content (AvgIpc) is 1.97. The molecule has 0 N–H and O–H groups in total. The van der Waals surface area contributed by atoms with Crippen LogP contribution in [0.15, 0.2) is 0 Å². The van der Waals surface area contributed by atoms with E-state index >= 15 is 0 Å². The molecule has 2 nitrogen and oxygen atoms in total. The number of carbonyl (C=O) groups is 1. The Bertz CT molecular complexity index is 129. The van der Waals surface area contributed by atoms with Gasteiger partial charge in [-0.05, 0) is 12.8 Å². The summed E-state index contributed by atoms with van der Waals surface area (Å²) in [6, 6.07) is 0.219. The Labute approximate surface area is 72.5 Å². The molecule has 1 heterocycles. The second kappa shape index (κ2) is 4.78. The highest BCUT2D eigenvalue weighted by Gasteiger charge is 2.27. The quantitative estimate of drug-likeness (QED) is 0.358. The van der Waals surface area contributed by atoms with Gasteiger partial charge in [-0.1, -0.05) is 25.3 Å². The zero-order valence-electron chi connectivity index (χ0n) is 6.95. The zero-order valence-corrected chi connectivity index (χ0v) is 7.77. The third-order valence-electron chi connectivity index (χ3n) is 1.93. The Balaban J connectivity index is 2.03. The van der Waals surface area contributed by atoms with Crippen molar-refractivity contribution in [1.29, 1.82) is 0 Å². The first-order valence-electron chi connectivity index (χ1n) is 4.23. The van der Waals surface area contributed by atoms with E-state index in [0.29, 0.717) is 0 Å². The van der Waals surface area contributed by atoms with Gasteiger partial charge in [0, 0.05) is 12.3 Å². The summed E-state index contributed by atoms with van der Waals surface area (Å²) >= 11 is 1.82. The van der Waals surface area contributed by atoms with Crippen LogP contribution in [-0.2, 0) is 4.79 Å². The lowest BCUT2D eigenvalue weighted by atomic mass is 10.1. The van der Waals surface area contributed by atoms with Crippen molar-refractivity contribution in [3.05, 3.63) is 0 Å². The van der Waals surface area contributed by atoms with E-state index in [4.69, 9.17) is 0 Å². The molecule has 0 amide bonds. The van der Waals surface area contributed by atoms with Crippen molar-refractivity contribution in [3.63, 3.8) is 0 Å². The molecule has 0 radical (unpaired) electrons. The molecule has 0 aromatic rings. The normalized spacial score (nSPS) is 24.6. The smallest absolute Gasteiger partial charge is 0.138 e. The van der Waals surface area contributed by atoms with Crippen molar-refractivity contribution in [2.45, 2.75) is 32.2 Å². The van der Waals surface area contributed by atoms with E-state index in [9.17, 15) is 4.79 Å². The van der Waals surface area contributed by atoms with Gasteiger partial charge in [-0.3, -0.25) is 0 Å². The standard InChI is InChI=1S/C8H15NOS/c1-2-3-6-11-9-5-4-8(9)7-10/h7-8H,2-6H2,1H3. The molecule has 64 valence electrons. The highest BCUT2D eigenvalue weighted by Crippen LogP contribution is 2.25. The van der Waals surface area contributed by atoms with Crippen molar-refractivity contribution in [2.24, 2.45) is 0 Å². The summed E-state index contributed by atoms with van der Waals surface area (Å²) in [5.41, 5.74) is 0. The number of unbranched alkanes of at least 4 members (excludes halogenated alkanes) is 1. The largest absolute Gasteiger partial charge is 0.302 e. The first-order valence-corrected chi connectivity index (χ1v) is 5.17. The zero-order chi connectivity index (χ0) is 8.10. The van der Waals surface area contributed by atoms with Gasteiger partial charge in [0.2, 0.25) is 0 Å². The fraction of sp³-hybridized carbons (Fsp3) is 0.875. The van der Waals surface area contributed by atoms with Gasteiger partial charge in [0.05, 0.1) is 6.04 Å². The predicted molar refractivity (Wildman–Crippen MR) is 48.5 cm³/mol. The lowest BCUT2D eigenvalue weighted by Gasteiger charge is -2.35. The Morgan fingerprint density at radius 1 is 1.73 bits per heavy atom. The average molecular weight is 173 g/mol. The molecule has 1 fully saturated rings. The molecule has 1 aliphatic rings. The number of aldehydes is 1. The lowest BCUT2D eigenvalue weighted by Crippen LogP contribution is -2.43. The van der Waals surface area contributed by atoms with Crippen LogP contribution in [0, 0.1) is 0 Å². The van der Waals surface area contributed by atoms with Crippen LogP contribution in [0.4, 0.5) is 0 Å². The minimum absolute atomic E-state index is 0.219. The second-order valence-corrected chi connectivity index (χ2v) is 3.96. The Kier molecular flexibility index (Phi) is 3.94. The molecule has 0 saturated carbocycles. The molecule has 1 unspecified atom stereocenters. The lowest BCUT2D eigenvalue weighted by molar-refractivity contribution is -0.113. The second-order valence-electron chi connectivity index (χ2n) is 2.82. The topological polar surface area (TPSA) is 20.3 Å². The highest BCUT2D eigenvalue weighted by molar-refractivity contribution is 7.97. The van der Waals surface area contributed by atoms with Crippen LogP contribution in [0.25, 0.3) is 0 Å². The molecule has 0 spiro atoms. The molecular formula is C8H15NOS. The minimum Gasteiger partial charge on any atom is -0.302 e. The van der Waals surface area contributed by atoms with Crippen molar-refractivity contribution in [3.8, 4) is 0 Å².